The van der Waals surface area contributed by atoms with Crippen LogP contribution < -0.4 is 0 Å². The van der Waals surface area contributed by atoms with Gasteiger partial charge in [0.2, 0.25) is 0 Å². The van der Waals surface area contributed by atoms with Gasteiger partial charge in [0.25, 0.3) is 0 Å². The topological polar surface area (TPSA) is 94.6 Å². The van der Waals surface area contributed by atoms with Crippen LogP contribution in [0.3, 0.4) is 0 Å². The maximum atomic E-state index is 12.9. The van der Waals surface area contributed by atoms with E-state index in [9.17, 15) is 14.4 Å². The van der Waals surface area contributed by atoms with E-state index in [1.807, 2.05) is 0 Å². The minimum Gasteiger partial charge on any atom is -0.464 e. The summed E-state index contributed by atoms with van der Waals surface area (Å²) in [6.07, 6.45) is -1.54. The largest absolute Gasteiger partial charge is 0.464 e. The van der Waals surface area contributed by atoms with Crippen LogP contribution in [0, 0.1) is 0 Å². The smallest absolute Gasteiger partial charge is 0.411 e. The number of likely N-dealkylation sites (tertiary alicyclic amines) is 1. The molecule has 2 amide bonds. The lowest BCUT2D eigenvalue weighted by Crippen LogP contribution is -2.62. The fraction of sp³-hybridized carbons (Fsp3) is 0.842. The van der Waals surface area contributed by atoms with E-state index < -0.39 is 47.5 Å². The molecule has 2 aliphatic heterocycles. The third-order valence-corrected chi connectivity index (χ3v) is 4.21. The molecule has 2 fully saturated rings. The summed E-state index contributed by atoms with van der Waals surface area (Å²) in [5, 5.41) is 0. The molecule has 9 nitrogen and oxygen atoms in total. The number of nitrogens with zero attached hydrogens (tertiary/aromatic N) is 2. The van der Waals surface area contributed by atoms with Crippen LogP contribution in [-0.2, 0) is 23.7 Å². The fourth-order valence-electron chi connectivity index (χ4n) is 3.19. The van der Waals surface area contributed by atoms with E-state index in [2.05, 4.69) is 0 Å². The zero-order chi connectivity index (χ0) is 21.3. The van der Waals surface area contributed by atoms with E-state index in [0.717, 1.165) is 0 Å². The Balaban J connectivity index is 2.23. The van der Waals surface area contributed by atoms with Crippen molar-refractivity contribution in [2.45, 2.75) is 77.9 Å². The summed E-state index contributed by atoms with van der Waals surface area (Å²) in [5.74, 6) is -0.553. The van der Waals surface area contributed by atoms with Gasteiger partial charge < -0.3 is 23.8 Å². The Morgan fingerprint density at radius 1 is 0.964 bits per heavy atom. The van der Waals surface area contributed by atoms with Crippen LogP contribution in [0.5, 0.6) is 0 Å². The zero-order valence-corrected chi connectivity index (χ0v) is 17.8. The number of fused-ring (bicyclic) bond motifs is 1. The number of carbonyl (C=O) groups excluding carboxylic acids is 3. The minimum atomic E-state index is -0.922. The first-order valence-electron chi connectivity index (χ1n) is 9.60. The van der Waals surface area contributed by atoms with Gasteiger partial charge in [-0.05, 0) is 48.5 Å². The number of rotatable bonds is 2. The monoisotopic (exact) mass is 400 g/mol. The molecule has 28 heavy (non-hydrogen) atoms. The quantitative estimate of drug-likeness (QED) is 0.518. The molecule has 3 atom stereocenters. The van der Waals surface area contributed by atoms with Crippen LogP contribution in [0.4, 0.5) is 9.59 Å². The number of carbonyl (C=O) groups is 3. The minimum absolute atomic E-state index is 0.0125. The first-order valence-corrected chi connectivity index (χ1v) is 9.60. The van der Waals surface area contributed by atoms with Gasteiger partial charge in [-0.3, -0.25) is 4.90 Å². The van der Waals surface area contributed by atoms with Crippen LogP contribution in [-0.4, -0.2) is 83.6 Å². The number of hydrogen-bond donors (Lipinski definition) is 0. The SMILES string of the molecule is CCOC(=O)[C@@H]1CO[C@H]2CN(C(=O)OC(C)(C)C)C[C@@H]2N1C(=O)OC(C)(C)C. The Kier molecular flexibility index (Phi) is 6.48. The summed E-state index contributed by atoms with van der Waals surface area (Å²) < 4.78 is 21.8. The molecule has 0 aromatic heterocycles. The molecule has 2 rings (SSSR count). The molecule has 0 bridgehead atoms. The summed E-state index contributed by atoms with van der Waals surface area (Å²) >= 11 is 0. The highest BCUT2D eigenvalue weighted by atomic mass is 16.6. The van der Waals surface area contributed by atoms with Crippen molar-refractivity contribution in [1.82, 2.24) is 9.80 Å². The van der Waals surface area contributed by atoms with Crippen molar-refractivity contribution in [3.8, 4) is 0 Å². The van der Waals surface area contributed by atoms with Crippen LogP contribution in [0.25, 0.3) is 0 Å². The van der Waals surface area contributed by atoms with Crippen LogP contribution in [0.2, 0.25) is 0 Å². The third-order valence-electron chi connectivity index (χ3n) is 4.21. The van der Waals surface area contributed by atoms with Gasteiger partial charge in [-0.2, -0.15) is 0 Å². The number of esters is 1. The molecule has 0 radical (unpaired) electrons. The number of amides is 2. The highest BCUT2D eigenvalue weighted by Gasteiger charge is 2.51. The first kappa shape index (κ1) is 22.3. The van der Waals surface area contributed by atoms with Gasteiger partial charge in [0.1, 0.15) is 11.2 Å². The van der Waals surface area contributed by atoms with E-state index in [0.29, 0.717) is 0 Å². The van der Waals surface area contributed by atoms with Gasteiger partial charge in [0.15, 0.2) is 6.04 Å². The van der Waals surface area contributed by atoms with Crippen molar-refractivity contribution in [2.75, 3.05) is 26.3 Å². The Morgan fingerprint density at radius 2 is 1.54 bits per heavy atom. The standard InChI is InChI=1S/C19H32N2O7/c1-8-25-15(22)13-11-26-14-10-20(16(23)27-18(2,3)4)9-12(14)21(13)17(24)28-19(5,6)7/h12-14H,8-11H2,1-7H3/t12-,13-,14-/m0/s1. The van der Waals surface area contributed by atoms with Gasteiger partial charge >= 0.3 is 18.2 Å². The van der Waals surface area contributed by atoms with Crippen molar-refractivity contribution >= 4 is 18.2 Å². The lowest BCUT2D eigenvalue weighted by atomic mass is 10.1. The normalized spacial score (nSPS) is 25.2. The molecule has 0 saturated carbocycles. The molecular weight excluding hydrogens is 368 g/mol. The lowest BCUT2D eigenvalue weighted by molar-refractivity contribution is -0.161. The van der Waals surface area contributed by atoms with Gasteiger partial charge in [-0.25, -0.2) is 14.4 Å². The molecule has 160 valence electrons. The molecule has 0 aliphatic carbocycles. The Hall–Kier alpha value is -2.03. The molecular formula is C19H32N2O7. The number of ether oxygens (including phenoxy) is 4. The van der Waals surface area contributed by atoms with Gasteiger partial charge in [0.05, 0.1) is 31.9 Å². The second kappa shape index (κ2) is 8.14. The second-order valence-electron chi connectivity index (χ2n) is 8.98. The predicted molar refractivity (Wildman–Crippen MR) is 99.8 cm³/mol. The predicted octanol–water partition coefficient (Wildman–Crippen LogP) is 2.17. The molecule has 0 unspecified atom stereocenters. The van der Waals surface area contributed by atoms with Crippen molar-refractivity contribution in [3.63, 3.8) is 0 Å². The van der Waals surface area contributed by atoms with Crippen molar-refractivity contribution in [2.24, 2.45) is 0 Å². The summed E-state index contributed by atoms with van der Waals surface area (Å²) in [7, 11) is 0. The molecule has 2 heterocycles. The Morgan fingerprint density at radius 3 is 2.07 bits per heavy atom. The third kappa shape index (κ3) is 5.50. The molecule has 0 N–H and O–H groups in total. The van der Waals surface area contributed by atoms with E-state index in [1.54, 1.807) is 48.5 Å². The maximum absolute atomic E-state index is 12.9. The summed E-state index contributed by atoms with van der Waals surface area (Å²) in [6.45, 7) is 13.0. The van der Waals surface area contributed by atoms with Gasteiger partial charge in [-0.1, -0.05) is 0 Å². The zero-order valence-electron chi connectivity index (χ0n) is 17.8. The van der Waals surface area contributed by atoms with Crippen LogP contribution >= 0.6 is 0 Å². The Bertz CT molecular complexity index is 608. The second-order valence-corrected chi connectivity index (χ2v) is 8.98. The van der Waals surface area contributed by atoms with Gasteiger partial charge in [-0.15, -0.1) is 0 Å². The highest BCUT2D eigenvalue weighted by Crippen LogP contribution is 2.29. The van der Waals surface area contributed by atoms with Crippen molar-refractivity contribution < 1.29 is 33.3 Å². The van der Waals surface area contributed by atoms with Crippen molar-refractivity contribution in [1.29, 1.82) is 0 Å². The van der Waals surface area contributed by atoms with Crippen LogP contribution in [0.15, 0.2) is 0 Å². The summed E-state index contributed by atoms with van der Waals surface area (Å²) in [5.41, 5.74) is -1.36. The van der Waals surface area contributed by atoms with Gasteiger partial charge in [0, 0.05) is 6.54 Å². The molecule has 2 aliphatic rings. The number of morpholine rings is 1. The highest BCUT2D eigenvalue weighted by molar-refractivity contribution is 5.82. The lowest BCUT2D eigenvalue weighted by Gasteiger charge is -2.41. The van der Waals surface area contributed by atoms with Crippen LogP contribution in [0.1, 0.15) is 48.5 Å². The maximum Gasteiger partial charge on any atom is 0.411 e. The van der Waals surface area contributed by atoms with E-state index >= 15 is 0 Å². The molecule has 0 aromatic carbocycles. The Labute approximate surface area is 166 Å². The van der Waals surface area contributed by atoms with E-state index in [1.165, 1.54) is 9.80 Å². The summed E-state index contributed by atoms with van der Waals surface area (Å²) in [6, 6.07) is -1.44. The molecule has 2 saturated heterocycles. The molecule has 0 spiro atoms. The molecule has 0 aromatic rings. The summed E-state index contributed by atoms with van der Waals surface area (Å²) in [4.78, 5) is 40.6. The fourth-order valence-corrected chi connectivity index (χ4v) is 3.19. The molecule has 9 heteroatoms. The van der Waals surface area contributed by atoms with Crippen molar-refractivity contribution in [3.05, 3.63) is 0 Å². The first-order chi connectivity index (χ1) is 12.8. The van der Waals surface area contributed by atoms with E-state index in [4.69, 9.17) is 18.9 Å². The average Bonchev–Trinajstić information content (AvgIpc) is 2.94. The number of hydrogen-bond acceptors (Lipinski definition) is 7. The average molecular weight is 400 g/mol. The van der Waals surface area contributed by atoms with E-state index in [-0.39, 0.29) is 26.3 Å².